The summed E-state index contributed by atoms with van der Waals surface area (Å²) in [5.74, 6) is -0.410. The fourth-order valence-corrected chi connectivity index (χ4v) is 2.44. The number of hydrogen-bond donors (Lipinski definition) is 2. The molecule has 0 atom stereocenters. The van der Waals surface area contributed by atoms with Gasteiger partial charge in [0.05, 0.1) is 12.8 Å². The predicted molar refractivity (Wildman–Crippen MR) is 63.9 cm³/mol. The van der Waals surface area contributed by atoms with Crippen molar-refractivity contribution >= 4 is 5.97 Å². The fraction of sp³-hybridized carbons (Fsp3) is 0.615. The molecule has 2 rings (SSSR count). The summed E-state index contributed by atoms with van der Waals surface area (Å²) in [6.45, 7) is 3.66. The molecule has 1 aliphatic rings. The number of nitrogens with one attached hydrogen (secondary N) is 1. The number of carboxylic acid groups (broad SMARTS) is 1. The normalized spacial score (nSPS) is 17.7. The average molecular weight is 237 g/mol. The first-order valence-electron chi connectivity index (χ1n) is 6.17. The predicted octanol–water partition coefficient (Wildman–Crippen LogP) is 2.65. The molecule has 4 heteroatoms. The maximum Gasteiger partial charge on any atom is 0.339 e. The molecule has 2 N–H and O–H groups in total. The van der Waals surface area contributed by atoms with E-state index in [9.17, 15) is 4.79 Å². The summed E-state index contributed by atoms with van der Waals surface area (Å²) in [5, 5.41) is 12.2. The van der Waals surface area contributed by atoms with E-state index in [-0.39, 0.29) is 5.56 Å². The molecule has 1 aliphatic carbocycles. The molecule has 1 aromatic heterocycles. The minimum absolute atomic E-state index is 0.261. The van der Waals surface area contributed by atoms with Crippen molar-refractivity contribution in [2.75, 3.05) is 6.54 Å². The lowest BCUT2D eigenvalue weighted by molar-refractivity contribution is 0.0694. The molecule has 0 unspecified atom stereocenters. The van der Waals surface area contributed by atoms with E-state index in [1.165, 1.54) is 38.0 Å². The largest absolute Gasteiger partial charge is 0.478 e. The number of aromatic carboxylic acids is 1. The van der Waals surface area contributed by atoms with Crippen LogP contribution < -0.4 is 5.32 Å². The molecule has 0 bridgehead atoms. The lowest BCUT2D eigenvalue weighted by atomic mass is 9.67. The molecule has 1 heterocycles. The van der Waals surface area contributed by atoms with Gasteiger partial charge in [0.15, 0.2) is 0 Å². The third-order valence-electron chi connectivity index (χ3n) is 3.93. The van der Waals surface area contributed by atoms with E-state index in [4.69, 9.17) is 9.52 Å². The van der Waals surface area contributed by atoms with E-state index < -0.39 is 5.97 Å². The highest BCUT2D eigenvalue weighted by molar-refractivity contribution is 5.88. The Hall–Kier alpha value is -1.29. The topological polar surface area (TPSA) is 62.5 Å². The van der Waals surface area contributed by atoms with Crippen molar-refractivity contribution in [2.45, 2.75) is 39.2 Å². The fourth-order valence-electron chi connectivity index (χ4n) is 2.44. The van der Waals surface area contributed by atoms with Crippen LogP contribution in [0.2, 0.25) is 0 Å². The molecular weight excluding hydrogens is 218 g/mol. The first-order chi connectivity index (χ1) is 8.17. The van der Waals surface area contributed by atoms with Crippen LogP contribution in [0.1, 0.15) is 48.7 Å². The van der Waals surface area contributed by atoms with Crippen molar-refractivity contribution in [3.05, 3.63) is 23.7 Å². The van der Waals surface area contributed by atoms with Gasteiger partial charge >= 0.3 is 5.97 Å². The second kappa shape index (κ2) is 4.92. The van der Waals surface area contributed by atoms with Crippen LogP contribution >= 0.6 is 0 Å². The van der Waals surface area contributed by atoms with Gasteiger partial charge in [-0.25, -0.2) is 4.79 Å². The van der Waals surface area contributed by atoms with Gasteiger partial charge < -0.3 is 14.8 Å². The van der Waals surface area contributed by atoms with Crippen molar-refractivity contribution in [1.29, 1.82) is 0 Å². The lowest BCUT2D eigenvalue weighted by Gasteiger charge is -2.41. The smallest absolute Gasteiger partial charge is 0.339 e. The molecular formula is C13H19NO3. The molecule has 0 saturated heterocycles. The Bertz CT molecular complexity index is 388. The Labute approximate surface area is 101 Å². The van der Waals surface area contributed by atoms with E-state index in [1.807, 2.05) is 0 Å². The van der Waals surface area contributed by atoms with Crippen LogP contribution in [0.15, 0.2) is 16.7 Å². The maximum absolute atomic E-state index is 10.9. The van der Waals surface area contributed by atoms with Crippen LogP contribution in [-0.2, 0) is 6.54 Å². The van der Waals surface area contributed by atoms with Crippen molar-refractivity contribution in [3.63, 3.8) is 0 Å². The van der Waals surface area contributed by atoms with Crippen molar-refractivity contribution in [2.24, 2.45) is 5.41 Å². The SMILES string of the molecule is CCC1(CNCc2occc2C(=O)O)CCC1. The van der Waals surface area contributed by atoms with Gasteiger partial charge in [-0.3, -0.25) is 0 Å². The Balaban J connectivity index is 1.85. The molecule has 0 radical (unpaired) electrons. The summed E-state index contributed by atoms with van der Waals surface area (Å²) < 4.78 is 5.18. The van der Waals surface area contributed by atoms with Gasteiger partial charge in [-0.15, -0.1) is 0 Å². The zero-order valence-electron chi connectivity index (χ0n) is 10.2. The highest BCUT2D eigenvalue weighted by Gasteiger charge is 2.34. The third-order valence-corrected chi connectivity index (χ3v) is 3.93. The lowest BCUT2D eigenvalue weighted by Crippen LogP contribution is -2.39. The second-order valence-electron chi connectivity index (χ2n) is 4.87. The van der Waals surface area contributed by atoms with Gasteiger partial charge in [-0.05, 0) is 30.7 Å². The summed E-state index contributed by atoms with van der Waals surface area (Å²) in [6, 6.07) is 1.50. The zero-order valence-corrected chi connectivity index (χ0v) is 10.2. The van der Waals surface area contributed by atoms with Gasteiger partial charge in [0, 0.05) is 6.54 Å². The molecule has 0 aliphatic heterocycles. The number of carbonyl (C=O) groups is 1. The summed E-state index contributed by atoms with van der Waals surface area (Å²) >= 11 is 0. The van der Waals surface area contributed by atoms with Gasteiger partial charge in [0.25, 0.3) is 0 Å². The van der Waals surface area contributed by atoms with Crippen LogP contribution in [0.4, 0.5) is 0 Å². The Kier molecular flexibility index (Phi) is 3.52. The molecule has 17 heavy (non-hydrogen) atoms. The minimum atomic E-state index is -0.926. The van der Waals surface area contributed by atoms with Gasteiger partial charge in [-0.2, -0.15) is 0 Å². The number of rotatable bonds is 6. The minimum Gasteiger partial charge on any atom is -0.478 e. The molecule has 0 spiro atoms. The second-order valence-corrected chi connectivity index (χ2v) is 4.87. The zero-order chi connectivity index (χ0) is 12.3. The molecule has 0 aromatic carbocycles. The van der Waals surface area contributed by atoms with E-state index >= 15 is 0 Å². The van der Waals surface area contributed by atoms with E-state index in [1.54, 1.807) is 0 Å². The van der Waals surface area contributed by atoms with E-state index in [0.717, 1.165) is 6.54 Å². The summed E-state index contributed by atoms with van der Waals surface area (Å²) in [5.41, 5.74) is 0.701. The Morgan fingerprint density at radius 3 is 2.88 bits per heavy atom. The molecule has 1 aromatic rings. The molecule has 1 saturated carbocycles. The average Bonchev–Trinajstić information content (AvgIpc) is 2.70. The quantitative estimate of drug-likeness (QED) is 0.798. The number of hydrogen-bond acceptors (Lipinski definition) is 3. The van der Waals surface area contributed by atoms with Gasteiger partial charge in [0.2, 0.25) is 0 Å². The van der Waals surface area contributed by atoms with Crippen molar-refractivity contribution in [1.82, 2.24) is 5.32 Å². The van der Waals surface area contributed by atoms with Crippen LogP contribution in [-0.4, -0.2) is 17.6 Å². The van der Waals surface area contributed by atoms with Crippen LogP contribution in [0, 0.1) is 5.41 Å². The van der Waals surface area contributed by atoms with E-state index in [2.05, 4.69) is 12.2 Å². The highest BCUT2D eigenvalue weighted by atomic mass is 16.4. The summed E-state index contributed by atoms with van der Waals surface area (Å²) in [4.78, 5) is 10.9. The van der Waals surface area contributed by atoms with Crippen LogP contribution in [0.3, 0.4) is 0 Å². The van der Waals surface area contributed by atoms with Crippen molar-refractivity contribution < 1.29 is 14.3 Å². The van der Waals surface area contributed by atoms with E-state index in [0.29, 0.717) is 17.7 Å². The Morgan fingerprint density at radius 2 is 2.35 bits per heavy atom. The maximum atomic E-state index is 10.9. The third kappa shape index (κ3) is 2.52. The van der Waals surface area contributed by atoms with Gasteiger partial charge in [-0.1, -0.05) is 13.3 Å². The van der Waals surface area contributed by atoms with Crippen LogP contribution in [0.5, 0.6) is 0 Å². The molecule has 4 nitrogen and oxygen atoms in total. The number of carboxylic acids is 1. The first kappa shape index (κ1) is 12.2. The highest BCUT2D eigenvalue weighted by Crippen LogP contribution is 2.43. The monoisotopic (exact) mass is 237 g/mol. The Morgan fingerprint density at radius 1 is 1.59 bits per heavy atom. The van der Waals surface area contributed by atoms with Crippen LogP contribution in [0.25, 0.3) is 0 Å². The molecule has 0 amide bonds. The van der Waals surface area contributed by atoms with Crippen molar-refractivity contribution in [3.8, 4) is 0 Å². The van der Waals surface area contributed by atoms with Gasteiger partial charge in [0.1, 0.15) is 11.3 Å². The summed E-state index contributed by atoms with van der Waals surface area (Å²) in [7, 11) is 0. The number of furan rings is 1. The molecule has 94 valence electrons. The molecule has 1 fully saturated rings. The summed E-state index contributed by atoms with van der Waals surface area (Å²) in [6.07, 6.45) is 6.49. The first-order valence-corrected chi connectivity index (χ1v) is 6.17. The standard InChI is InChI=1S/C13H19NO3/c1-2-13(5-3-6-13)9-14-8-11-10(12(15)16)4-7-17-11/h4,7,14H,2-3,5-6,8-9H2,1H3,(H,15,16).